The van der Waals surface area contributed by atoms with Crippen LogP contribution < -0.4 is 0 Å². The Morgan fingerprint density at radius 2 is 1.73 bits per heavy atom. The molecule has 0 saturated carbocycles. The van der Waals surface area contributed by atoms with Gasteiger partial charge in [-0.15, -0.1) is 0 Å². The van der Waals surface area contributed by atoms with E-state index in [0.29, 0.717) is 0 Å². The SMILES string of the molecule is CC1(Cc2ccc(C(C)(C)C)cc2)CO1. The molecule has 1 saturated heterocycles. The first kappa shape index (κ1) is 10.7. The molecule has 1 aromatic carbocycles. The van der Waals surface area contributed by atoms with Crippen LogP contribution in [0.1, 0.15) is 38.8 Å². The first-order valence-corrected chi connectivity index (χ1v) is 5.62. The fourth-order valence-corrected chi connectivity index (χ4v) is 1.78. The van der Waals surface area contributed by atoms with Gasteiger partial charge in [-0.25, -0.2) is 0 Å². The summed E-state index contributed by atoms with van der Waals surface area (Å²) in [6.07, 6.45) is 1.04. The molecule has 0 radical (unpaired) electrons. The van der Waals surface area contributed by atoms with E-state index in [1.807, 2.05) is 0 Å². The van der Waals surface area contributed by atoms with Crippen molar-refractivity contribution >= 4 is 0 Å². The van der Waals surface area contributed by atoms with Gasteiger partial charge >= 0.3 is 0 Å². The quantitative estimate of drug-likeness (QED) is 0.673. The Kier molecular flexibility index (Phi) is 2.38. The number of hydrogen-bond donors (Lipinski definition) is 0. The van der Waals surface area contributed by atoms with Crippen molar-refractivity contribution in [3.05, 3.63) is 35.4 Å². The van der Waals surface area contributed by atoms with Gasteiger partial charge in [-0.3, -0.25) is 0 Å². The summed E-state index contributed by atoms with van der Waals surface area (Å²) in [7, 11) is 0. The van der Waals surface area contributed by atoms with E-state index in [0.717, 1.165) is 13.0 Å². The Labute approximate surface area is 92.5 Å². The molecule has 1 aromatic rings. The Bertz CT molecular complexity index is 339. The zero-order valence-electron chi connectivity index (χ0n) is 10.1. The van der Waals surface area contributed by atoms with Crippen molar-refractivity contribution in [1.82, 2.24) is 0 Å². The molecule has 15 heavy (non-hydrogen) atoms. The molecule has 1 fully saturated rings. The van der Waals surface area contributed by atoms with Crippen molar-refractivity contribution in [3.8, 4) is 0 Å². The second kappa shape index (κ2) is 3.34. The summed E-state index contributed by atoms with van der Waals surface area (Å²) in [5.41, 5.74) is 3.15. The molecular weight excluding hydrogens is 184 g/mol. The largest absolute Gasteiger partial charge is 0.370 e. The van der Waals surface area contributed by atoms with Crippen LogP contribution in [0.4, 0.5) is 0 Å². The van der Waals surface area contributed by atoms with Crippen molar-refractivity contribution in [1.29, 1.82) is 0 Å². The van der Waals surface area contributed by atoms with Crippen LogP contribution in [0.15, 0.2) is 24.3 Å². The van der Waals surface area contributed by atoms with Gasteiger partial charge < -0.3 is 4.74 Å². The molecule has 1 atom stereocenters. The monoisotopic (exact) mass is 204 g/mol. The van der Waals surface area contributed by atoms with E-state index >= 15 is 0 Å². The maximum atomic E-state index is 5.40. The first-order valence-electron chi connectivity index (χ1n) is 5.62. The van der Waals surface area contributed by atoms with Gasteiger partial charge in [0.05, 0.1) is 12.2 Å². The number of rotatable bonds is 2. The molecule has 0 bridgehead atoms. The molecule has 82 valence electrons. The fraction of sp³-hybridized carbons (Fsp3) is 0.571. The normalized spacial score (nSPS) is 25.3. The number of epoxide rings is 1. The van der Waals surface area contributed by atoms with Gasteiger partial charge in [0.1, 0.15) is 0 Å². The van der Waals surface area contributed by atoms with Crippen molar-refractivity contribution in [3.63, 3.8) is 0 Å². The topological polar surface area (TPSA) is 12.5 Å². The van der Waals surface area contributed by atoms with Crippen LogP contribution in [0.5, 0.6) is 0 Å². The minimum absolute atomic E-state index is 0.128. The van der Waals surface area contributed by atoms with E-state index in [1.165, 1.54) is 11.1 Å². The Balaban J connectivity index is 2.10. The Hall–Kier alpha value is -0.820. The van der Waals surface area contributed by atoms with Crippen LogP contribution >= 0.6 is 0 Å². The molecule has 0 amide bonds. The Morgan fingerprint density at radius 3 is 2.13 bits per heavy atom. The smallest absolute Gasteiger partial charge is 0.0928 e. The van der Waals surface area contributed by atoms with Crippen LogP contribution in [0, 0.1) is 0 Å². The first-order chi connectivity index (χ1) is 6.89. The van der Waals surface area contributed by atoms with E-state index < -0.39 is 0 Å². The highest BCUT2D eigenvalue weighted by molar-refractivity contribution is 5.28. The summed E-state index contributed by atoms with van der Waals surface area (Å²) in [6.45, 7) is 9.81. The third kappa shape index (κ3) is 2.60. The lowest BCUT2D eigenvalue weighted by Gasteiger charge is -2.19. The molecule has 1 nitrogen and oxygen atoms in total. The van der Waals surface area contributed by atoms with Crippen molar-refractivity contribution < 1.29 is 4.74 Å². The van der Waals surface area contributed by atoms with Crippen LogP contribution in [0.2, 0.25) is 0 Å². The number of hydrogen-bond acceptors (Lipinski definition) is 1. The lowest BCUT2D eigenvalue weighted by atomic mass is 9.86. The molecule has 0 aliphatic carbocycles. The van der Waals surface area contributed by atoms with Gasteiger partial charge in [-0.05, 0) is 23.5 Å². The number of benzene rings is 1. The van der Waals surface area contributed by atoms with Crippen molar-refractivity contribution in [2.24, 2.45) is 0 Å². The average Bonchev–Trinajstić information content (AvgIpc) is 2.82. The second-order valence-electron chi connectivity index (χ2n) is 5.86. The molecule has 2 rings (SSSR count). The predicted molar refractivity (Wildman–Crippen MR) is 63.2 cm³/mol. The highest BCUT2D eigenvalue weighted by Crippen LogP contribution is 2.31. The lowest BCUT2D eigenvalue weighted by Crippen LogP contribution is -2.12. The predicted octanol–water partition coefficient (Wildman–Crippen LogP) is 3.32. The fourth-order valence-electron chi connectivity index (χ4n) is 1.78. The van der Waals surface area contributed by atoms with Gasteiger partial charge in [-0.1, -0.05) is 45.0 Å². The van der Waals surface area contributed by atoms with Gasteiger partial charge in [0.2, 0.25) is 0 Å². The number of ether oxygens (including phenoxy) is 1. The van der Waals surface area contributed by atoms with Crippen molar-refractivity contribution in [2.45, 2.75) is 45.1 Å². The van der Waals surface area contributed by atoms with E-state index in [-0.39, 0.29) is 11.0 Å². The van der Waals surface area contributed by atoms with Crippen LogP contribution in [-0.4, -0.2) is 12.2 Å². The molecule has 1 aliphatic heterocycles. The van der Waals surface area contributed by atoms with E-state index in [9.17, 15) is 0 Å². The standard InChI is InChI=1S/C14H20O/c1-13(2,3)12-7-5-11(6-8-12)9-14(4)10-15-14/h5-8H,9-10H2,1-4H3. The molecule has 1 heterocycles. The van der Waals surface area contributed by atoms with Gasteiger partial charge in [-0.2, -0.15) is 0 Å². The molecule has 0 aromatic heterocycles. The van der Waals surface area contributed by atoms with E-state index in [1.54, 1.807) is 0 Å². The van der Waals surface area contributed by atoms with E-state index in [4.69, 9.17) is 4.74 Å². The molecule has 0 N–H and O–H groups in total. The molecule has 0 spiro atoms. The van der Waals surface area contributed by atoms with Crippen molar-refractivity contribution in [2.75, 3.05) is 6.61 Å². The second-order valence-corrected chi connectivity index (χ2v) is 5.86. The summed E-state index contributed by atoms with van der Waals surface area (Å²) in [4.78, 5) is 0. The molecule has 1 aliphatic rings. The third-order valence-corrected chi connectivity index (χ3v) is 3.04. The Morgan fingerprint density at radius 1 is 1.20 bits per heavy atom. The zero-order chi connectivity index (χ0) is 11.1. The maximum absolute atomic E-state index is 5.40. The molecular formula is C14H20O. The molecule has 1 unspecified atom stereocenters. The average molecular weight is 204 g/mol. The van der Waals surface area contributed by atoms with Crippen LogP contribution in [0.3, 0.4) is 0 Å². The summed E-state index contributed by atoms with van der Waals surface area (Å²) in [6, 6.07) is 8.93. The molecule has 1 heteroatoms. The maximum Gasteiger partial charge on any atom is 0.0928 e. The summed E-state index contributed by atoms with van der Waals surface area (Å²) in [5.74, 6) is 0. The third-order valence-electron chi connectivity index (χ3n) is 3.04. The lowest BCUT2D eigenvalue weighted by molar-refractivity contribution is 0.322. The van der Waals surface area contributed by atoms with Gasteiger partial charge in [0, 0.05) is 6.42 Å². The minimum atomic E-state index is 0.128. The summed E-state index contributed by atoms with van der Waals surface area (Å²) in [5, 5.41) is 0. The van der Waals surface area contributed by atoms with Crippen LogP contribution in [-0.2, 0) is 16.6 Å². The highest BCUT2D eigenvalue weighted by atomic mass is 16.6. The van der Waals surface area contributed by atoms with E-state index in [2.05, 4.69) is 52.0 Å². The highest BCUT2D eigenvalue weighted by Gasteiger charge is 2.38. The van der Waals surface area contributed by atoms with Gasteiger partial charge in [0.15, 0.2) is 0 Å². The van der Waals surface area contributed by atoms with Crippen LogP contribution in [0.25, 0.3) is 0 Å². The summed E-state index contributed by atoms with van der Waals surface area (Å²) >= 11 is 0. The zero-order valence-corrected chi connectivity index (χ0v) is 10.1. The van der Waals surface area contributed by atoms with Gasteiger partial charge in [0.25, 0.3) is 0 Å². The summed E-state index contributed by atoms with van der Waals surface area (Å²) < 4.78 is 5.40. The minimum Gasteiger partial charge on any atom is -0.370 e.